The molecule has 0 aliphatic heterocycles. The van der Waals surface area contributed by atoms with Crippen LogP contribution in [0.3, 0.4) is 0 Å². The first-order chi connectivity index (χ1) is 7.57. The second-order valence-corrected chi connectivity index (χ2v) is 4.41. The van der Waals surface area contributed by atoms with Gasteiger partial charge in [0.15, 0.2) is 0 Å². The van der Waals surface area contributed by atoms with Crippen molar-refractivity contribution in [2.75, 3.05) is 13.2 Å². The number of aliphatic hydroxyl groups is 2. The maximum atomic E-state index is 8.87. The van der Waals surface area contributed by atoms with E-state index >= 15 is 0 Å². The van der Waals surface area contributed by atoms with Crippen LogP contribution in [0.2, 0.25) is 0 Å². The van der Waals surface area contributed by atoms with E-state index in [2.05, 4.69) is 15.6 Å². The van der Waals surface area contributed by atoms with E-state index < -0.39 is 0 Å². The van der Waals surface area contributed by atoms with Gasteiger partial charge in [-0.3, -0.25) is 0 Å². The summed E-state index contributed by atoms with van der Waals surface area (Å²) in [5.41, 5.74) is 0.717. The lowest BCUT2D eigenvalue weighted by Gasteiger charge is -2.24. The number of rotatable bonds is 7. The lowest BCUT2D eigenvalue weighted by molar-refractivity contribution is 0.229. The third-order valence-corrected chi connectivity index (χ3v) is 2.40. The molecule has 0 radical (unpaired) electrons. The van der Waals surface area contributed by atoms with Gasteiger partial charge in [0.2, 0.25) is 0 Å². The highest BCUT2D eigenvalue weighted by Crippen LogP contribution is 2.08. The Morgan fingerprint density at radius 2 is 2.12 bits per heavy atom. The summed E-state index contributed by atoms with van der Waals surface area (Å²) in [7, 11) is 0. The lowest BCUT2D eigenvalue weighted by Crippen LogP contribution is -2.39. The molecule has 0 aromatic carbocycles. The van der Waals surface area contributed by atoms with Gasteiger partial charge in [0.1, 0.15) is 0 Å². The van der Waals surface area contributed by atoms with Crippen molar-refractivity contribution in [1.82, 2.24) is 20.3 Å². The molecule has 0 amide bonds. The molecule has 6 nitrogen and oxygen atoms in total. The van der Waals surface area contributed by atoms with Crippen molar-refractivity contribution in [2.45, 2.75) is 38.9 Å². The SMILES string of the molecule is CC(C)(CCO)NCc1cn(CCO)nn1. The Bertz CT molecular complexity index is 312. The summed E-state index contributed by atoms with van der Waals surface area (Å²) >= 11 is 0. The Balaban J connectivity index is 2.41. The van der Waals surface area contributed by atoms with Gasteiger partial charge in [-0.2, -0.15) is 0 Å². The number of hydrogen-bond donors (Lipinski definition) is 3. The van der Waals surface area contributed by atoms with Gasteiger partial charge in [0.25, 0.3) is 0 Å². The van der Waals surface area contributed by atoms with Crippen LogP contribution in [0.4, 0.5) is 0 Å². The smallest absolute Gasteiger partial charge is 0.0965 e. The van der Waals surface area contributed by atoms with Gasteiger partial charge in [0, 0.05) is 24.9 Å². The molecule has 0 bridgehead atoms. The predicted molar refractivity (Wildman–Crippen MR) is 59.7 cm³/mol. The van der Waals surface area contributed by atoms with Crippen LogP contribution in [0, 0.1) is 0 Å². The molecule has 0 saturated carbocycles. The second-order valence-electron chi connectivity index (χ2n) is 4.41. The summed E-state index contributed by atoms with van der Waals surface area (Å²) in [4.78, 5) is 0. The molecule has 1 aromatic heterocycles. The molecule has 0 atom stereocenters. The minimum absolute atomic E-state index is 0.0617. The molecule has 0 unspecified atom stereocenters. The predicted octanol–water partition coefficient (Wildman–Crippen LogP) is -0.479. The van der Waals surface area contributed by atoms with E-state index in [0.29, 0.717) is 19.5 Å². The number of nitrogens with zero attached hydrogens (tertiary/aromatic N) is 3. The van der Waals surface area contributed by atoms with Crippen LogP contribution in [-0.4, -0.2) is 44.0 Å². The number of nitrogens with one attached hydrogen (secondary N) is 1. The molecule has 3 N–H and O–H groups in total. The average Bonchev–Trinajstić information content (AvgIpc) is 2.64. The molecule has 0 fully saturated rings. The fourth-order valence-electron chi connectivity index (χ4n) is 1.33. The van der Waals surface area contributed by atoms with Crippen LogP contribution in [0.5, 0.6) is 0 Å². The van der Waals surface area contributed by atoms with Crippen LogP contribution < -0.4 is 5.32 Å². The van der Waals surface area contributed by atoms with E-state index in [1.807, 2.05) is 13.8 Å². The van der Waals surface area contributed by atoms with E-state index in [9.17, 15) is 0 Å². The van der Waals surface area contributed by atoms with Gasteiger partial charge in [0.05, 0.1) is 18.8 Å². The first kappa shape index (κ1) is 13.1. The van der Waals surface area contributed by atoms with Gasteiger partial charge < -0.3 is 15.5 Å². The molecule has 0 saturated heterocycles. The quantitative estimate of drug-likeness (QED) is 0.587. The highest BCUT2D eigenvalue weighted by molar-refractivity contribution is 4.93. The van der Waals surface area contributed by atoms with E-state index in [4.69, 9.17) is 10.2 Å². The number of aromatic nitrogens is 3. The first-order valence-corrected chi connectivity index (χ1v) is 5.43. The van der Waals surface area contributed by atoms with Crippen molar-refractivity contribution in [2.24, 2.45) is 0 Å². The van der Waals surface area contributed by atoms with Crippen molar-refractivity contribution in [3.05, 3.63) is 11.9 Å². The zero-order valence-corrected chi connectivity index (χ0v) is 9.85. The van der Waals surface area contributed by atoms with Crippen LogP contribution in [-0.2, 0) is 13.1 Å². The molecule has 16 heavy (non-hydrogen) atoms. The maximum absolute atomic E-state index is 8.87. The Morgan fingerprint density at radius 1 is 1.38 bits per heavy atom. The summed E-state index contributed by atoms with van der Waals surface area (Å²) in [6.45, 7) is 5.36. The molecule has 1 heterocycles. The van der Waals surface area contributed by atoms with Gasteiger partial charge in [-0.05, 0) is 20.3 Å². The first-order valence-electron chi connectivity index (χ1n) is 5.43. The molecule has 6 heteroatoms. The van der Waals surface area contributed by atoms with Gasteiger partial charge >= 0.3 is 0 Å². The Kier molecular flexibility index (Phi) is 4.85. The average molecular weight is 228 g/mol. The lowest BCUT2D eigenvalue weighted by atomic mass is 10.0. The minimum Gasteiger partial charge on any atom is -0.396 e. The molecular weight excluding hydrogens is 208 g/mol. The van der Waals surface area contributed by atoms with Gasteiger partial charge in [-0.15, -0.1) is 5.10 Å². The molecular formula is C10H20N4O2. The molecule has 0 aliphatic rings. The summed E-state index contributed by atoms with van der Waals surface area (Å²) in [5.74, 6) is 0. The summed E-state index contributed by atoms with van der Waals surface area (Å²) in [6, 6.07) is 0. The zero-order valence-electron chi connectivity index (χ0n) is 9.85. The molecule has 0 spiro atoms. The highest BCUT2D eigenvalue weighted by atomic mass is 16.3. The van der Waals surface area contributed by atoms with Crippen molar-refractivity contribution in [1.29, 1.82) is 0 Å². The van der Waals surface area contributed by atoms with Gasteiger partial charge in [-0.1, -0.05) is 5.21 Å². The van der Waals surface area contributed by atoms with E-state index in [1.165, 1.54) is 0 Å². The number of hydrogen-bond acceptors (Lipinski definition) is 5. The zero-order chi connectivity index (χ0) is 12.0. The largest absolute Gasteiger partial charge is 0.396 e. The second kappa shape index (κ2) is 5.93. The fraction of sp³-hybridized carbons (Fsp3) is 0.800. The Labute approximate surface area is 95.3 Å². The monoisotopic (exact) mass is 228 g/mol. The fourth-order valence-corrected chi connectivity index (χ4v) is 1.33. The van der Waals surface area contributed by atoms with E-state index in [0.717, 1.165) is 5.69 Å². The summed E-state index contributed by atoms with van der Waals surface area (Å²) < 4.78 is 1.61. The van der Waals surface area contributed by atoms with Crippen LogP contribution >= 0.6 is 0 Å². The molecule has 0 aliphatic carbocycles. The van der Waals surface area contributed by atoms with E-state index in [-0.39, 0.29) is 18.8 Å². The number of aliphatic hydroxyl groups excluding tert-OH is 2. The minimum atomic E-state index is -0.116. The standard InChI is InChI=1S/C10H20N4O2/c1-10(2,3-5-15)11-7-9-8-14(4-6-16)13-12-9/h8,11,15-16H,3-7H2,1-2H3. The van der Waals surface area contributed by atoms with E-state index in [1.54, 1.807) is 10.9 Å². The third-order valence-electron chi connectivity index (χ3n) is 2.40. The summed E-state index contributed by atoms with van der Waals surface area (Å²) in [5, 5.41) is 28.7. The van der Waals surface area contributed by atoms with Crippen molar-refractivity contribution in [3.8, 4) is 0 Å². The van der Waals surface area contributed by atoms with Crippen LogP contribution in [0.25, 0.3) is 0 Å². The summed E-state index contributed by atoms with van der Waals surface area (Å²) in [6.07, 6.45) is 2.50. The molecule has 1 rings (SSSR count). The maximum Gasteiger partial charge on any atom is 0.0965 e. The Hall–Kier alpha value is -0.980. The molecule has 92 valence electrons. The van der Waals surface area contributed by atoms with Crippen molar-refractivity contribution < 1.29 is 10.2 Å². The van der Waals surface area contributed by atoms with Crippen LogP contribution in [0.1, 0.15) is 26.0 Å². The topological polar surface area (TPSA) is 83.2 Å². The normalized spacial score (nSPS) is 12.0. The highest BCUT2D eigenvalue weighted by Gasteiger charge is 2.16. The van der Waals surface area contributed by atoms with Crippen LogP contribution in [0.15, 0.2) is 6.20 Å². The third kappa shape index (κ3) is 4.26. The van der Waals surface area contributed by atoms with Gasteiger partial charge in [-0.25, -0.2) is 4.68 Å². The molecule has 1 aromatic rings. The van der Waals surface area contributed by atoms with Crippen molar-refractivity contribution in [3.63, 3.8) is 0 Å². The van der Waals surface area contributed by atoms with Crippen molar-refractivity contribution >= 4 is 0 Å². The Morgan fingerprint density at radius 3 is 2.75 bits per heavy atom.